The fourth-order valence-corrected chi connectivity index (χ4v) is 1.93. The van der Waals surface area contributed by atoms with Gasteiger partial charge in [0, 0.05) is 5.57 Å². The van der Waals surface area contributed by atoms with Crippen LogP contribution in [-0.4, -0.2) is 22.2 Å². The Balaban J connectivity index is 4.46. The Morgan fingerprint density at radius 1 is 0.826 bits per heavy atom. The second-order valence-corrected chi connectivity index (χ2v) is 5.99. The van der Waals surface area contributed by atoms with Crippen LogP contribution in [0.5, 0.6) is 0 Å². The van der Waals surface area contributed by atoms with Gasteiger partial charge in [-0.25, -0.2) is 4.79 Å². The predicted octanol–water partition coefficient (Wildman–Crippen LogP) is 4.89. The van der Waals surface area contributed by atoms with Gasteiger partial charge >= 0.3 is 11.9 Å². The molecule has 4 heteroatoms. The average Bonchev–Trinajstić information content (AvgIpc) is 2.42. The van der Waals surface area contributed by atoms with Gasteiger partial charge in [-0.15, -0.1) is 0 Å². The Bertz CT molecular complexity index is 530. The molecule has 0 spiro atoms. The smallest absolute Gasteiger partial charge is 0.332 e. The third kappa shape index (κ3) is 12.2. The summed E-state index contributed by atoms with van der Waals surface area (Å²) in [6, 6.07) is 0. The molecule has 0 aliphatic rings. The molecule has 0 saturated carbocycles. The van der Waals surface area contributed by atoms with Gasteiger partial charge in [0.1, 0.15) is 0 Å². The summed E-state index contributed by atoms with van der Waals surface area (Å²) in [6.45, 7) is 8.23. The monoisotopic (exact) mass is 320 g/mol. The molecule has 0 radical (unpaired) electrons. The molecule has 23 heavy (non-hydrogen) atoms. The molecule has 2 N–H and O–H groups in total. The Labute approximate surface area is 138 Å². The zero-order chi connectivity index (χ0) is 17.8. The van der Waals surface area contributed by atoms with E-state index in [1.165, 1.54) is 17.2 Å². The van der Waals surface area contributed by atoms with Gasteiger partial charge in [0.05, 0.1) is 6.42 Å². The minimum atomic E-state index is -1.19. The van der Waals surface area contributed by atoms with Crippen molar-refractivity contribution in [2.45, 2.75) is 59.8 Å². The first kappa shape index (κ1) is 20.9. The Hall–Kier alpha value is -2.10. The number of allylic oxidation sites excluding steroid dienone is 7. The summed E-state index contributed by atoms with van der Waals surface area (Å²) in [5, 5.41) is 17.6. The molecule has 0 unspecified atom stereocenters. The highest BCUT2D eigenvalue weighted by Crippen LogP contribution is 2.12. The van der Waals surface area contributed by atoms with Crippen molar-refractivity contribution in [2.24, 2.45) is 0 Å². The molecular formula is C19H28O4. The third-order valence-corrected chi connectivity index (χ3v) is 3.31. The highest BCUT2D eigenvalue weighted by atomic mass is 16.4. The van der Waals surface area contributed by atoms with Crippen molar-refractivity contribution < 1.29 is 19.8 Å². The molecule has 0 aromatic heterocycles. The first-order valence-electron chi connectivity index (χ1n) is 7.82. The van der Waals surface area contributed by atoms with Gasteiger partial charge in [-0.2, -0.15) is 0 Å². The summed E-state index contributed by atoms with van der Waals surface area (Å²) in [5.74, 6) is -2.33. The zero-order valence-corrected chi connectivity index (χ0v) is 14.6. The van der Waals surface area contributed by atoms with Gasteiger partial charge in [0.15, 0.2) is 0 Å². The molecule has 0 aliphatic heterocycles. The van der Waals surface area contributed by atoms with Crippen LogP contribution >= 0.6 is 0 Å². The van der Waals surface area contributed by atoms with E-state index in [1.807, 2.05) is 6.92 Å². The van der Waals surface area contributed by atoms with E-state index in [1.54, 1.807) is 6.08 Å². The summed E-state index contributed by atoms with van der Waals surface area (Å²) >= 11 is 0. The maximum absolute atomic E-state index is 10.9. The number of hydrogen-bond donors (Lipinski definition) is 2. The van der Waals surface area contributed by atoms with E-state index in [2.05, 4.69) is 32.9 Å². The molecule has 0 atom stereocenters. The average molecular weight is 320 g/mol. The predicted molar refractivity (Wildman–Crippen MR) is 93.4 cm³/mol. The third-order valence-electron chi connectivity index (χ3n) is 3.31. The van der Waals surface area contributed by atoms with Crippen LogP contribution in [0, 0.1) is 0 Å². The SMILES string of the molecule is CC(C)=CCCC(C)=CCCC(C)=CC=C(CC(=O)O)C(=O)O. The molecule has 0 aromatic carbocycles. The summed E-state index contributed by atoms with van der Waals surface area (Å²) < 4.78 is 0. The van der Waals surface area contributed by atoms with Gasteiger partial charge in [0.2, 0.25) is 0 Å². The molecule has 0 fully saturated rings. The molecule has 0 saturated heterocycles. The number of carboxylic acids is 2. The summed E-state index contributed by atoms with van der Waals surface area (Å²) in [7, 11) is 0. The molecule has 4 nitrogen and oxygen atoms in total. The Morgan fingerprint density at radius 3 is 1.91 bits per heavy atom. The lowest BCUT2D eigenvalue weighted by atomic mass is 10.1. The van der Waals surface area contributed by atoms with E-state index in [-0.39, 0.29) is 5.57 Å². The van der Waals surface area contributed by atoms with Gasteiger partial charge < -0.3 is 10.2 Å². The lowest BCUT2D eigenvalue weighted by Gasteiger charge is -2.01. The van der Waals surface area contributed by atoms with Crippen molar-refractivity contribution in [1.29, 1.82) is 0 Å². The van der Waals surface area contributed by atoms with Crippen LogP contribution in [0.15, 0.2) is 46.6 Å². The quantitative estimate of drug-likeness (QED) is 0.341. The molecule has 0 amide bonds. The van der Waals surface area contributed by atoms with Crippen molar-refractivity contribution >= 4 is 11.9 Å². The minimum Gasteiger partial charge on any atom is -0.481 e. The van der Waals surface area contributed by atoms with E-state index in [9.17, 15) is 9.59 Å². The van der Waals surface area contributed by atoms with Gasteiger partial charge in [-0.3, -0.25) is 4.79 Å². The van der Waals surface area contributed by atoms with Crippen molar-refractivity contribution in [3.05, 3.63) is 46.6 Å². The minimum absolute atomic E-state index is 0.106. The van der Waals surface area contributed by atoms with Crippen molar-refractivity contribution in [2.75, 3.05) is 0 Å². The topological polar surface area (TPSA) is 74.6 Å². The molecule has 0 aliphatic carbocycles. The lowest BCUT2D eigenvalue weighted by Crippen LogP contribution is -2.06. The van der Waals surface area contributed by atoms with Crippen LogP contribution in [0.4, 0.5) is 0 Å². The number of rotatable bonds is 10. The maximum atomic E-state index is 10.9. The number of carbonyl (C=O) groups is 2. The number of hydrogen-bond acceptors (Lipinski definition) is 2. The van der Waals surface area contributed by atoms with Crippen molar-refractivity contribution in [1.82, 2.24) is 0 Å². The molecule has 0 aromatic rings. The van der Waals surface area contributed by atoms with Crippen LogP contribution in [0.25, 0.3) is 0 Å². The van der Waals surface area contributed by atoms with Crippen LogP contribution < -0.4 is 0 Å². The summed E-state index contributed by atoms with van der Waals surface area (Å²) in [6.07, 6.45) is 10.9. The second-order valence-electron chi connectivity index (χ2n) is 5.99. The fraction of sp³-hybridized carbons (Fsp3) is 0.474. The Kier molecular flexibility index (Phi) is 10.4. The van der Waals surface area contributed by atoms with E-state index < -0.39 is 18.4 Å². The largest absolute Gasteiger partial charge is 0.481 e. The van der Waals surface area contributed by atoms with E-state index in [4.69, 9.17) is 10.2 Å². The zero-order valence-electron chi connectivity index (χ0n) is 14.6. The number of aliphatic carboxylic acids is 2. The fourth-order valence-electron chi connectivity index (χ4n) is 1.93. The Morgan fingerprint density at radius 2 is 1.39 bits per heavy atom. The van der Waals surface area contributed by atoms with E-state index in [0.29, 0.717) is 0 Å². The first-order chi connectivity index (χ1) is 10.7. The molecule has 0 bridgehead atoms. The van der Waals surface area contributed by atoms with Gasteiger partial charge in [-0.1, -0.05) is 41.0 Å². The molecular weight excluding hydrogens is 292 g/mol. The standard InChI is InChI=1S/C19H28O4/c1-14(2)7-5-8-15(3)9-6-10-16(4)11-12-17(19(22)23)13-18(20)21/h7,9,11-12H,5-6,8,10,13H2,1-4H3,(H,20,21)(H,22,23). The first-order valence-corrected chi connectivity index (χ1v) is 7.82. The number of carboxylic acid groups (broad SMARTS) is 2. The van der Waals surface area contributed by atoms with E-state index in [0.717, 1.165) is 31.3 Å². The van der Waals surface area contributed by atoms with E-state index >= 15 is 0 Å². The highest BCUT2D eigenvalue weighted by Gasteiger charge is 2.10. The lowest BCUT2D eigenvalue weighted by molar-refractivity contribution is -0.139. The van der Waals surface area contributed by atoms with Crippen LogP contribution in [0.1, 0.15) is 59.8 Å². The van der Waals surface area contributed by atoms with Crippen LogP contribution in [0.2, 0.25) is 0 Å². The molecule has 0 heterocycles. The second kappa shape index (κ2) is 11.5. The van der Waals surface area contributed by atoms with Gasteiger partial charge in [0.25, 0.3) is 0 Å². The normalized spacial score (nSPS) is 13.0. The van der Waals surface area contributed by atoms with Crippen LogP contribution in [-0.2, 0) is 9.59 Å². The van der Waals surface area contributed by atoms with Crippen LogP contribution in [0.3, 0.4) is 0 Å². The highest BCUT2D eigenvalue weighted by molar-refractivity contribution is 5.92. The van der Waals surface area contributed by atoms with Crippen molar-refractivity contribution in [3.63, 3.8) is 0 Å². The van der Waals surface area contributed by atoms with Gasteiger partial charge in [-0.05, 0) is 53.4 Å². The maximum Gasteiger partial charge on any atom is 0.332 e. The molecule has 0 rings (SSSR count). The summed E-state index contributed by atoms with van der Waals surface area (Å²) in [5.41, 5.74) is 3.61. The van der Waals surface area contributed by atoms with Crippen molar-refractivity contribution in [3.8, 4) is 0 Å². The summed E-state index contributed by atoms with van der Waals surface area (Å²) in [4.78, 5) is 21.5. The molecule has 128 valence electrons.